The van der Waals surface area contributed by atoms with Gasteiger partial charge in [-0.15, -0.1) is 0 Å². The van der Waals surface area contributed by atoms with Crippen LogP contribution >= 0.6 is 0 Å². The second kappa shape index (κ2) is 8.86. The zero-order valence-electron chi connectivity index (χ0n) is 19.4. The summed E-state index contributed by atoms with van der Waals surface area (Å²) in [4.78, 5) is 37.7. The molecule has 9 heteroatoms. The number of amides is 2. The van der Waals surface area contributed by atoms with Crippen molar-refractivity contribution in [3.05, 3.63) is 42.1 Å². The van der Waals surface area contributed by atoms with Crippen LogP contribution in [0.5, 0.6) is 5.75 Å². The third-order valence-corrected chi connectivity index (χ3v) is 5.28. The molecule has 32 heavy (non-hydrogen) atoms. The molecule has 2 N–H and O–H groups in total. The smallest absolute Gasteiger partial charge is 0.251 e. The topological polar surface area (TPSA) is 99.7 Å². The summed E-state index contributed by atoms with van der Waals surface area (Å²) in [6, 6.07) is 5.07. The molecular weight excluding hydrogens is 408 g/mol. The Kier molecular flexibility index (Phi) is 6.38. The third kappa shape index (κ3) is 4.51. The van der Waals surface area contributed by atoms with Gasteiger partial charge in [0.1, 0.15) is 11.4 Å². The minimum absolute atomic E-state index is 0.00117. The molecule has 1 aromatic heterocycles. The summed E-state index contributed by atoms with van der Waals surface area (Å²) >= 11 is 0. The average molecular weight is 439 g/mol. The molecule has 0 radical (unpaired) electrons. The van der Waals surface area contributed by atoms with Gasteiger partial charge in [-0.25, -0.2) is 4.98 Å². The van der Waals surface area contributed by atoms with Gasteiger partial charge < -0.3 is 25.2 Å². The van der Waals surface area contributed by atoms with E-state index in [1.54, 1.807) is 43.4 Å². The molecule has 0 bridgehead atoms. The Bertz CT molecular complexity index is 1070. The number of methoxy groups -OCH3 is 1. The van der Waals surface area contributed by atoms with Crippen LogP contribution in [0.2, 0.25) is 0 Å². The Morgan fingerprint density at radius 2 is 2.06 bits per heavy atom. The number of anilines is 4. The van der Waals surface area contributed by atoms with Gasteiger partial charge in [0.15, 0.2) is 5.82 Å². The highest BCUT2D eigenvalue weighted by Crippen LogP contribution is 2.37. The Labute approximate surface area is 188 Å². The van der Waals surface area contributed by atoms with Crippen LogP contribution in [0.15, 0.2) is 36.5 Å². The van der Waals surface area contributed by atoms with Crippen molar-refractivity contribution in [3.63, 3.8) is 0 Å². The quantitative estimate of drug-likeness (QED) is 0.669. The minimum atomic E-state index is -0.600. The van der Waals surface area contributed by atoms with Crippen LogP contribution in [0.4, 0.5) is 23.1 Å². The number of nitrogens with one attached hydrogen (secondary N) is 2. The van der Waals surface area contributed by atoms with E-state index in [9.17, 15) is 9.59 Å². The SMILES string of the molecule is C=C(C)CN1CC(C)(C)C(=O)N(C)c2cnc(Nc3ccc(C(=O)NC)cc3OC)nc21. The number of ether oxygens (including phenoxy) is 1. The zero-order valence-corrected chi connectivity index (χ0v) is 19.4. The standard InChI is InChI=1S/C23H30N6O3/c1-14(2)12-29-13-23(3,4)21(31)28(6)17-11-25-22(27-19(17)29)26-16-9-8-15(20(30)24-5)10-18(16)32-7/h8-11H,1,12-13H2,2-7H3,(H,24,30)(H,25,26,27). The molecule has 9 nitrogen and oxygen atoms in total. The highest BCUT2D eigenvalue weighted by Gasteiger charge is 2.39. The zero-order chi connectivity index (χ0) is 23.6. The first-order valence-electron chi connectivity index (χ1n) is 10.3. The van der Waals surface area contributed by atoms with Crippen molar-refractivity contribution in [2.75, 3.05) is 49.4 Å². The number of nitrogens with zero attached hydrogens (tertiary/aromatic N) is 4. The van der Waals surface area contributed by atoms with Gasteiger partial charge in [-0.05, 0) is 39.0 Å². The lowest BCUT2D eigenvalue weighted by atomic mass is 9.91. The third-order valence-electron chi connectivity index (χ3n) is 5.28. The van der Waals surface area contributed by atoms with Gasteiger partial charge >= 0.3 is 0 Å². The number of hydrogen-bond donors (Lipinski definition) is 2. The lowest BCUT2D eigenvalue weighted by molar-refractivity contribution is -0.125. The van der Waals surface area contributed by atoms with Crippen molar-refractivity contribution in [1.82, 2.24) is 15.3 Å². The van der Waals surface area contributed by atoms with Gasteiger partial charge in [-0.3, -0.25) is 9.59 Å². The molecule has 0 aliphatic carbocycles. The van der Waals surface area contributed by atoms with E-state index in [2.05, 4.69) is 27.1 Å². The summed E-state index contributed by atoms with van der Waals surface area (Å²) in [6.07, 6.45) is 1.64. The van der Waals surface area contributed by atoms with E-state index in [0.717, 1.165) is 5.57 Å². The lowest BCUT2D eigenvalue weighted by Crippen LogP contribution is -2.43. The van der Waals surface area contributed by atoms with Crippen LogP contribution in [0.25, 0.3) is 0 Å². The van der Waals surface area contributed by atoms with E-state index < -0.39 is 5.41 Å². The van der Waals surface area contributed by atoms with Gasteiger partial charge in [0.25, 0.3) is 5.91 Å². The van der Waals surface area contributed by atoms with Crippen molar-refractivity contribution in [2.24, 2.45) is 5.41 Å². The molecule has 0 fully saturated rings. The molecule has 0 spiro atoms. The molecule has 1 aliphatic rings. The lowest BCUT2D eigenvalue weighted by Gasteiger charge is -2.29. The largest absolute Gasteiger partial charge is 0.495 e. The van der Waals surface area contributed by atoms with Gasteiger partial charge in [0, 0.05) is 32.7 Å². The highest BCUT2D eigenvalue weighted by molar-refractivity contribution is 6.01. The number of aromatic nitrogens is 2. The fourth-order valence-electron chi connectivity index (χ4n) is 3.74. The van der Waals surface area contributed by atoms with E-state index in [4.69, 9.17) is 9.72 Å². The Morgan fingerprint density at radius 1 is 1.34 bits per heavy atom. The van der Waals surface area contributed by atoms with E-state index in [1.165, 1.54) is 7.11 Å². The Balaban J connectivity index is 2.02. The molecule has 170 valence electrons. The van der Waals surface area contributed by atoms with Crippen LogP contribution in [-0.4, -0.2) is 56.1 Å². The predicted molar refractivity (Wildman–Crippen MR) is 126 cm³/mol. The van der Waals surface area contributed by atoms with Crippen LogP contribution in [0.1, 0.15) is 31.1 Å². The molecule has 0 saturated carbocycles. The molecule has 0 atom stereocenters. The van der Waals surface area contributed by atoms with Gasteiger partial charge in [-0.1, -0.05) is 12.2 Å². The summed E-state index contributed by atoms with van der Waals surface area (Å²) < 4.78 is 5.44. The maximum absolute atomic E-state index is 13.0. The molecule has 1 aromatic carbocycles. The second-order valence-corrected chi connectivity index (χ2v) is 8.58. The molecule has 1 aliphatic heterocycles. The fourth-order valence-corrected chi connectivity index (χ4v) is 3.74. The van der Waals surface area contributed by atoms with E-state index in [-0.39, 0.29) is 11.8 Å². The Hall–Kier alpha value is -3.62. The highest BCUT2D eigenvalue weighted by atomic mass is 16.5. The van der Waals surface area contributed by atoms with Gasteiger partial charge in [0.2, 0.25) is 11.9 Å². The van der Waals surface area contributed by atoms with Crippen LogP contribution in [0.3, 0.4) is 0 Å². The van der Waals surface area contributed by atoms with Gasteiger partial charge in [0.05, 0.1) is 24.4 Å². The van der Waals surface area contributed by atoms with Crippen molar-refractivity contribution in [3.8, 4) is 5.75 Å². The maximum atomic E-state index is 13.0. The first kappa shape index (κ1) is 23.1. The number of carbonyl (C=O) groups is 2. The minimum Gasteiger partial charge on any atom is -0.495 e. The Morgan fingerprint density at radius 3 is 2.69 bits per heavy atom. The summed E-state index contributed by atoms with van der Waals surface area (Å²) in [5.74, 6) is 1.27. The molecule has 3 rings (SSSR count). The normalized spacial score (nSPS) is 15.0. The number of hydrogen-bond acceptors (Lipinski definition) is 7. The average Bonchev–Trinajstić information content (AvgIpc) is 2.82. The molecule has 0 unspecified atom stereocenters. The number of fused-ring (bicyclic) bond motifs is 1. The molecular formula is C23H30N6O3. The van der Waals surface area contributed by atoms with Gasteiger partial charge in [-0.2, -0.15) is 4.98 Å². The number of rotatable bonds is 6. The molecule has 2 heterocycles. The summed E-state index contributed by atoms with van der Waals surface area (Å²) in [7, 11) is 4.84. The second-order valence-electron chi connectivity index (χ2n) is 8.58. The maximum Gasteiger partial charge on any atom is 0.251 e. The molecule has 2 amide bonds. The predicted octanol–water partition coefficient (Wildman–Crippen LogP) is 2.97. The summed E-state index contributed by atoms with van der Waals surface area (Å²) in [5, 5.41) is 5.76. The van der Waals surface area contributed by atoms with Crippen LogP contribution < -0.4 is 25.2 Å². The first-order valence-corrected chi connectivity index (χ1v) is 10.3. The molecule has 2 aromatic rings. The van der Waals surface area contributed by atoms with Crippen molar-refractivity contribution >= 4 is 35.0 Å². The molecule has 0 saturated heterocycles. The number of carbonyl (C=O) groups excluding carboxylic acids is 2. The van der Waals surface area contributed by atoms with Crippen LogP contribution in [0, 0.1) is 5.41 Å². The van der Waals surface area contributed by atoms with Crippen molar-refractivity contribution in [1.29, 1.82) is 0 Å². The first-order chi connectivity index (χ1) is 15.1. The summed E-state index contributed by atoms with van der Waals surface area (Å²) in [6.45, 7) is 10.9. The number of benzene rings is 1. The van der Waals surface area contributed by atoms with Crippen LogP contribution in [-0.2, 0) is 4.79 Å². The van der Waals surface area contributed by atoms with Crippen molar-refractivity contribution in [2.45, 2.75) is 20.8 Å². The monoisotopic (exact) mass is 438 g/mol. The van der Waals surface area contributed by atoms with Crippen molar-refractivity contribution < 1.29 is 14.3 Å². The van der Waals surface area contributed by atoms with E-state index in [0.29, 0.717) is 47.5 Å². The summed E-state index contributed by atoms with van der Waals surface area (Å²) in [5.41, 5.74) is 2.09. The fraction of sp³-hybridized carbons (Fsp3) is 0.391. The van der Waals surface area contributed by atoms with E-state index in [1.807, 2.05) is 20.8 Å². The van der Waals surface area contributed by atoms with E-state index >= 15 is 0 Å².